The minimum absolute atomic E-state index is 0.00619. The molecular formula is C23H29N3O2. The van der Waals surface area contributed by atoms with Crippen LogP contribution in [0.25, 0.3) is 0 Å². The van der Waals surface area contributed by atoms with Gasteiger partial charge in [0.15, 0.2) is 5.78 Å². The van der Waals surface area contributed by atoms with Gasteiger partial charge in [0, 0.05) is 44.0 Å². The molecule has 2 aromatic rings. The van der Waals surface area contributed by atoms with Crippen LogP contribution in [0, 0.1) is 0 Å². The molecule has 1 unspecified atom stereocenters. The normalized spacial score (nSPS) is 16.5. The molecule has 0 aromatic heterocycles. The van der Waals surface area contributed by atoms with Crippen molar-refractivity contribution in [3.63, 3.8) is 0 Å². The van der Waals surface area contributed by atoms with E-state index in [1.807, 2.05) is 13.0 Å². The molecule has 148 valence electrons. The molecule has 5 heteroatoms. The zero-order chi connectivity index (χ0) is 19.9. The fourth-order valence-corrected chi connectivity index (χ4v) is 3.51. The number of Topliss-reactive ketones (excluding diaryl/α,β-unsaturated/α-hetero) is 1. The number of amides is 1. The van der Waals surface area contributed by atoms with Gasteiger partial charge in [-0.1, -0.05) is 30.3 Å². The Kier molecular flexibility index (Phi) is 6.95. The van der Waals surface area contributed by atoms with Gasteiger partial charge in [0.25, 0.3) is 0 Å². The van der Waals surface area contributed by atoms with Gasteiger partial charge in [-0.2, -0.15) is 0 Å². The SMILES string of the molecule is CC(=O)c1ccc(NC(=O)C(C)N2CCN(CCc3ccccc3)CC2)cc1. The lowest BCUT2D eigenvalue weighted by Crippen LogP contribution is -2.53. The van der Waals surface area contributed by atoms with E-state index in [9.17, 15) is 9.59 Å². The number of ketones is 1. The lowest BCUT2D eigenvalue weighted by molar-refractivity contribution is -0.121. The maximum absolute atomic E-state index is 12.6. The first kappa shape index (κ1) is 20.2. The molecule has 0 radical (unpaired) electrons. The Morgan fingerprint density at radius 3 is 2.21 bits per heavy atom. The minimum atomic E-state index is -0.177. The van der Waals surface area contributed by atoms with Crippen LogP contribution in [0.2, 0.25) is 0 Å². The highest BCUT2D eigenvalue weighted by Gasteiger charge is 2.25. The quantitative estimate of drug-likeness (QED) is 0.751. The molecule has 5 nitrogen and oxygen atoms in total. The van der Waals surface area contributed by atoms with E-state index in [2.05, 4.69) is 39.4 Å². The Labute approximate surface area is 167 Å². The number of piperazine rings is 1. The molecule has 1 fully saturated rings. The van der Waals surface area contributed by atoms with Gasteiger partial charge in [-0.15, -0.1) is 0 Å². The van der Waals surface area contributed by atoms with Gasteiger partial charge in [0.2, 0.25) is 5.91 Å². The Morgan fingerprint density at radius 2 is 1.61 bits per heavy atom. The number of carbonyl (C=O) groups excluding carboxylic acids is 2. The summed E-state index contributed by atoms with van der Waals surface area (Å²) in [6, 6.07) is 17.4. The van der Waals surface area contributed by atoms with Crippen molar-refractivity contribution in [1.29, 1.82) is 0 Å². The molecule has 1 saturated heterocycles. The van der Waals surface area contributed by atoms with Crippen molar-refractivity contribution in [1.82, 2.24) is 9.80 Å². The van der Waals surface area contributed by atoms with Crippen molar-refractivity contribution in [3.05, 3.63) is 65.7 Å². The second-order valence-corrected chi connectivity index (χ2v) is 7.41. The summed E-state index contributed by atoms with van der Waals surface area (Å²) >= 11 is 0. The predicted octanol–water partition coefficient (Wildman–Crippen LogP) is 3.08. The molecular weight excluding hydrogens is 350 g/mol. The van der Waals surface area contributed by atoms with Gasteiger partial charge in [-0.25, -0.2) is 0 Å². The number of benzene rings is 2. The molecule has 28 heavy (non-hydrogen) atoms. The monoisotopic (exact) mass is 379 g/mol. The first-order valence-electron chi connectivity index (χ1n) is 9.95. The number of hydrogen-bond acceptors (Lipinski definition) is 4. The highest BCUT2D eigenvalue weighted by molar-refractivity contribution is 5.96. The first-order chi connectivity index (χ1) is 13.5. The third kappa shape index (κ3) is 5.50. The summed E-state index contributed by atoms with van der Waals surface area (Å²) in [4.78, 5) is 28.6. The van der Waals surface area contributed by atoms with Crippen molar-refractivity contribution < 1.29 is 9.59 Å². The van der Waals surface area contributed by atoms with Crippen molar-refractivity contribution in [2.75, 3.05) is 38.0 Å². The Balaban J connectivity index is 1.44. The standard InChI is InChI=1S/C23H29N3O2/c1-18(23(28)24-22-10-8-21(9-11-22)19(2)27)26-16-14-25(15-17-26)13-12-20-6-4-3-5-7-20/h3-11,18H,12-17H2,1-2H3,(H,24,28). The second kappa shape index (κ2) is 9.62. The zero-order valence-electron chi connectivity index (χ0n) is 16.7. The number of hydrogen-bond donors (Lipinski definition) is 1. The van der Waals surface area contributed by atoms with E-state index >= 15 is 0 Å². The van der Waals surface area contributed by atoms with E-state index in [0.29, 0.717) is 5.56 Å². The van der Waals surface area contributed by atoms with Gasteiger partial charge in [0.05, 0.1) is 6.04 Å². The van der Waals surface area contributed by atoms with Crippen LogP contribution in [0.3, 0.4) is 0 Å². The fraction of sp³-hybridized carbons (Fsp3) is 0.391. The van der Waals surface area contributed by atoms with Crippen LogP contribution in [0.5, 0.6) is 0 Å². The third-order valence-corrected chi connectivity index (χ3v) is 5.45. The predicted molar refractivity (Wildman–Crippen MR) is 113 cm³/mol. The van der Waals surface area contributed by atoms with Crippen LogP contribution in [-0.2, 0) is 11.2 Å². The van der Waals surface area contributed by atoms with Crippen LogP contribution in [0.15, 0.2) is 54.6 Å². The Bertz CT molecular complexity index is 781. The maximum atomic E-state index is 12.6. The van der Waals surface area contributed by atoms with Crippen molar-refractivity contribution in [2.45, 2.75) is 26.3 Å². The summed E-state index contributed by atoms with van der Waals surface area (Å²) in [5.41, 5.74) is 2.74. The first-order valence-corrected chi connectivity index (χ1v) is 9.95. The topological polar surface area (TPSA) is 52.7 Å². The van der Waals surface area contributed by atoms with Crippen molar-refractivity contribution in [3.8, 4) is 0 Å². The Hall–Kier alpha value is -2.50. The molecule has 0 aliphatic carbocycles. The number of rotatable bonds is 7. The van der Waals surface area contributed by atoms with Crippen LogP contribution < -0.4 is 5.32 Å². The molecule has 1 N–H and O–H groups in total. The summed E-state index contributed by atoms with van der Waals surface area (Å²) in [6.45, 7) is 8.31. The van der Waals surface area contributed by atoms with Gasteiger partial charge in [-0.05, 0) is 50.1 Å². The van der Waals surface area contributed by atoms with E-state index in [1.165, 1.54) is 12.5 Å². The number of anilines is 1. The van der Waals surface area contributed by atoms with Crippen molar-refractivity contribution in [2.24, 2.45) is 0 Å². The average Bonchev–Trinajstić information content (AvgIpc) is 2.73. The average molecular weight is 380 g/mol. The molecule has 1 aliphatic rings. The lowest BCUT2D eigenvalue weighted by atomic mass is 10.1. The zero-order valence-corrected chi connectivity index (χ0v) is 16.7. The molecule has 0 saturated carbocycles. The van der Waals surface area contributed by atoms with Gasteiger partial charge in [-0.3, -0.25) is 14.5 Å². The van der Waals surface area contributed by atoms with E-state index in [0.717, 1.165) is 44.8 Å². The molecule has 1 heterocycles. The van der Waals surface area contributed by atoms with E-state index in [-0.39, 0.29) is 17.7 Å². The number of nitrogens with zero attached hydrogens (tertiary/aromatic N) is 2. The number of nitrogens with one attached hydrogen (secondary N) is 1. The van der Waals surface area contributed by atoms with Gasteiger partial charge in [0.1, 0.15) is 0 Å². The fourth-order valence-electron chi connectivity index (χ4n) is 3.51. The largest absolute Gasteiger partial charge is 0.325 e. The summed E-state index contributed by atoms with van der Waals surface area (Å²) in [6.07, 6.45) is 1.06. The Morgan fingerprint density at radius 1 is 0.964 bits per heavy atom. The van der Waals surface area contributed by atoms with E-state index < -0.39 is 0 Å². The summed E-state index contributed by atoms with van der Waals surface area (Å²) in [7, 11) is 0. The molecule has 1 amide bonds. The molecule has 1 aliphatic heterocycles. The second-order valence-electron chi connectivity index (χ2n) is 7.41. The summed E-state index contributed by atoms with van der Waals surface area (Å²) < 4.78 is 0. The van der Waals surface area contributed by atoms with Crippen LogP contribution in [0.4, 0.5) is 5.69 Å². The highest BCUT2D eigenvalue weighted by Crippen LogP contribution is 2.13. The lowest BCUT2D eigenvalue weighted by Gasteiger charge is -2.37. The molecule has 2 aromatic carbocycles. The van der Waals surface area contributed by atoms with Crippen LogP contribution in [-0.4, -0.2) is 60.3 Å². The molecule has 0 spiro atoms. The van der Waals surface area contributed by atoms with E-state index in [4.69, 9.17) is 0 Å². The minimum Gasteiger partial charge on any atom is -0.325 e. The highest BCUT2D eigenvalue weighted by atomic mass is 16.2. The van der Waals surface area contributed by atoms with Crippen LogP contribution in [0.1, 0.15) is 29.8 Å². The van der Waals surface area contributed by atoms with E-state index in [1.54, 1.807) is 24.3 Å². The third-order valence-electron chi connectivity index (χ3n) is 5.45. The smallest absolute Gasteiger partial charge is 0.241 e. The summed E-state index contributed by atoms with van der Waals surface area (Å²) in [5, 5.41) is 2.96. The molecule has 0 bridgehead atoms. The van der Waals surface area contributed by atoms with Crippen LogP contribution >= 0.6 is 0 Å². The van der Waals surface area contributed by atoms with Gasteiger partial charge < -0.3 is 10.2 Å². The molecule has 1 atom stereocenters. The molecule has 3 rings (SSSR count). The summed E-state index contributed by atoms with van der Waals surface area (Å²) in [5.74, 6) is 0.0182. The maximum Gasteiger partial charge on any atom is 0.241 e. The van der Waals surface area contributed by atoms with Gasteiger partial charge >= 0.3 is 0 Å². The number of carbonyl (C=O) groups is 2. The van der Waals surface area contributed by atoms with Crippen molar-refractivity contribution >= 4 is 17.4 Å².